The lowest BCUT2D eigenvalue weighted by Gasteiger charge is -2.27. The summed E-state index contributed by atoms with van der Waals surface area (Å²) >= 11 is 0. The van der Waals surface area contributed by atoms with Gasteiger partial charge in [0.25, 0.3) is 0 Å². The van der Waals surface area contributed by atoms with E-state index in [1.807, 2.05) is 60.1 Å². The number of benzene rings is 1. The van der Waals surface area contributed by atoms with E-state index in [1.165, 1.54) is 0 Å². The molecule has 0 spiro atoms. The molecule has 0 saturated heterocycles. The van der Waals surface area contributed by atoms with Crippen molar-refractivity contribution in [2.75, 3.05) is 5.32 Å². The number of carbonyl (C=O) groups excluding carboxylic acids is 1. The first-order chi connectivity index (χ1) is 13.5. The predicted octanol–water partition coefficient (Wildman–Crippen LogP) is 4.14. The summed E-state index contributed by atoms with van der Waals surface area (Å²) in [5, 5.41) is 12.3. The predicted molar refractivity (Wildman–Crippen MR) is 107 cm³/mol. The number of carbonyl (C=O) groups is 2. The van der Waals surface area contributed by atoms with Crippen LogP contribution in [0, 0.1) is 18.8 Å². The molecule has 0 aliphatic heterocycles. The summed E-state index contributed by atoms with van der Waals surface area (Å²) in [6.07, 6.45) is 6.86. The molecule has 2 N–H and O–H groups in total. The van der Waals surface area contributed by atoms with Gasteiger partial charge in [-0.1, -0.05) is 31.0 Å². The van der Waals surface area contributed by atoms with E-state index in [4.69, 9.17) is 4.98 Å². The van der Waals surface area contributed by atoms with Crippen LogP contribution < -0.4 is 5.32 Å². The molecule has 3 aromatic rings. The van der Waals surface area contributed by atoms with Crippen LogP contribution in [-0.2, 0) is 9.59 Å². The van der Waals surface area contributed by atoms with Gasteiger partial charge in [-0.25, -0.2) is 4.98 Å². The number of carboxylic acids is 1. The minimum Gasteiger partial charge on any atom is -0.481 e. The van der Waals surface area contributed by atoms with Crippen LogP contribution in [0.15, 0.2) is 48.8 Å². The maximum absolute atomic E-state index is 12.7. The number of aliphatic carboxylic acids is 1. The zero-order valence-electron chi connectivity index (χ0n) is 15.8. The van der Waals surface area contributed by atoms with Crippen molar-refractivity contribution in [1.29, 1.82) is 0 Å². The molecule has 6 nitrogen and oxygen atoms in total. The SMILES string of the molecule is Cc1cccn2cc(-c3cccc(NC(=O)[C@H]4CCCC[C@H]4C(=O)O)c3)nc12. The second-order valence-corrected chi connectivity index (χ2v) is 7.45. The van der Waals surface area contributed by atoms with Crippen molar-refractivity contribution in [3.05, 3.63) is 54.4 Å². The largest absolute Gasteiger partial charge is 0.481 e. The number of carboxylic acid groups (broad SMARTS) is 1. The smallest absolute Gasteiger partial charge is 0.307 e. The summed E-state index contributed by atoms with van der Waals surface area (Å²) in [7, 11) is 0. The van der Waals surface area contributed by atoms with Crippen LogP contribution in [0.1, 0.15) is 31.2 Å². The number of nitrogens with zero attached hydrogens (tertiary/aromatic N) is 2. The minimum absolute atomic E-state index is 0.213. The molecule has 28 heavy (non-hydrogen) atoms. The first-order valence-corrected chi connectivity index (χ1v) is 9.61. The monoisotopic (exact) mass is 377 g/mol. The molecule has 4 rings (SSSR count). The van der Waals surface area contributed by atoms with Crippen LogP contribution in [0.3, 0.4) is 0 Å². The van der Waals surface area contributed by atoms with Gasteiger partial charge in [0.05, 0.1) is 17.5 Å². The summed E-state index contributed by atoms with van der Waals surface area (Å²) in [5.74, 6) is -2.17. The molecule has 1 aliphatic rings. The summed E-state index contributed by atoms with van der Waals surface area (Å²) in [4.78, 5) is 28.9. The van der Waals surface area contributed by atoms with E-state index < -0.39 is 17.8 Å². The number of aromatic nitrogens is 2. The van der Waals surface area contributed by atoms with Gasteiger partial charge in [0.15, 0.2) is 0 Å². The molecule has 2 aromatic heterocycles. The molecule has 6 heteroatoms. The van der Waals surface area contributed by atoms with E-state index >= 15 is 0 Å². The molecule has 1 aliphatic carbocycles. The quantitative estimate of drug-likeness (QED) is 0.716. The van der Waals surface area contributed by atoms with Gasteiger partial charge >= 0.3 is 5.97 Å². The van der Waals surface area contributed by atoms with Gasteiger partial charge in [-0.05, 0) is 43.5 Å². The number of rotatable bonds is 4. The molecule has 2 atom stereocenters. The highest BCUT2D eigenvalue weighted by Crippen LogP contribution is 2.32. The molecule has 0 bridgehead atoms. The highest BCUT2D eigenvalue weighted by Gasteiger charge is 2.35. The zero-order valence-corrected chi connectivity index (χ0v) is 15.8. The number of pyridine rings is 1. The third kappa shape index (κ3) is 3.50. The lowest BCUT2D eigenvalue weighted by atomic mass is 9.78. The first-order valence-electron chi connectivity index (χ1n) is 9.61. The van der Waals surface area contributed by atoms with Crippen LogP contribution in [-0.4, -0.2) is 26.4 Å². The fourth-order valence-electron chi connectivity index (χ4n) is 4.02. The van der Waals surface area contributed by atoms with E-state index in [1.54, 1.807) is 0 Å². The Hall–Kier alpha value is -3.15. The summed E-state index contributed by atoms with van der Waals surface area (Å²) in [6, 6.07) is 11.5. The number of anilines is 1. The fraction of sp³-hybridized carbons (Fsp3) is 0.318. The molecule has 1 aromatic carbocycles. The molecule has 1 amide bonds. The Morgan fingerprint density at radius 2 is 1.93 bits per heavy atom. The highest BCUT2D eigenvalue weighted by molar-refractivity contribution is 5.95. The average Bonchev–Trinajstić information content (AvgIpc) is 3.14. The van der Waals surface area contributed by atoms with Crippen LogP contribution in [0.25, 0.3) is 16.9 Å². The Labute approximate surface area is 163 Å². The summed E-state index contributed by atoms with van der Waals surface area (Å²) in [5.41, 5.74) is 4.38. The summed E-state index contributed by atoms with van der Waals surface area (Å²) in [6.45, 7) is 2.02. The topological polar surface area (TPSA) is 83.7 Å². The Morgan fingerprint density at radius 1 is 1.14 bits per heavy atom. The average molecular weight is 377 g/mol. The Bertz CT molecular complexity index is 1040. The van der Waals surface area contributed by atoms with Gasteiger partial charge in [-0.3, -0.25) is 9.59 Å². The Balaban J connectivity index is 1.57. The third-order valence-electron chi connectivity index (χ3n) is 5.52. The molecule has 144 valence electrons. The van der Waals surface area contributed by atoms with Crippen LogP contribution in [0.5, 0.6) is 0 Å². The van der Waals surface area contributed by atoms with E-state index in [-0.39, 0.29) is 5.91 Å². The van der Waals surface area contributed by atoms with Crippen LogP contribution in [0.4, 0.5) is 5.69 Å². The normalized spacial score (nSPS) is 19.5. The van der Waals surface area contributed by atoms with E-state index in [9.17, 15) is 14.7 Å². The molecular weight excluding hydrogens is 354 g/mol. The molecule has 0 radical (unpaired) electrons. The maximum Gasteiger partial charge on any atom is 0.307 e. The van der Waals surface area contributed by atoms with Crippen molar-refractivity contribution >= 4 is 23.2 Å². The van der Waals surface area contributed by atoms with Crippen molar-refractivity contribution in [2.24, 2.45) is 11.8 Å². The number of fused-ring (bicyclic) bond motifs is 1. The molecule has 1 saturated carbocycles. The second kappa shape index (κ2) is 7.46. The minimum atomic E-state index is -0.881. The standard InChI is InChI=1S/C22H23N3O3/c1-14-6-5-11-25-13-19(24-20(14)25)15-7-4-8-16(12-15)23-21(26)17-9-2-3-10-18(17)22(27)28/h4-8,11-13,17-18H,2-3,9-10H2,1H3,(H,23,26)(H,27,28)/t17-,18+/m0/s1. The second-order valence-electron chi connectivity index (χ2n) is 7.45. The van der Waals surface area contributed by atoms with E-state index in [0.717, 1.165) is 35.3 Å². The van der Waals surface area contributed by atoms with E-state index in [2.05, 4.69) is 5.32 Å². The van der Waals surface area contributed by atoms with Crippen LogP contribution >= 0.6 is 0 Å². The zero-order chi connectivity index (χ0) is 19.7. The van der Waals surface area contributed by atoms with Crippen molar-refractivity contribution < 1.29 is 14.7 Å². The van der Waals surface area contributed by atoms with Crippen molar-refractivity contribution in [3.63, 3.8) is 0 Å². The van der Waals surface area contributed by atoms with Gasteiger partial charge in [0, 0.05) is 23.6 Å². The maximum atomic E-state index is 12.7. The van der Waals surface area contributed by atoms with Crippen molar-refractivity contribution in [2.45, 2.75) is 32.6 Å². The number of aryl methyl sites for hydroxylation is 1. The first kappa shape index (κ1) is 18.2. The van der Waals surface area contributed by atoms with Gasteiger partial charge in [0.2, 0.25) is 5.91 Å². The highest BCUT2D eigenvalue weighted by atomic mass is 16.4. The lowest BCUT2D eigenvalue weighted by molar-refractivity contribution is -0.147. The number of imidazole rings is 1. The van der Waals surface area contributed by atoms with Crippen molar-refractivity contribution in [1.82, 2.24) is 9.38 Å². The third-order valence-corrected chi connectivity index (χ3v) is 5.52. The Morgan fingerprint density at radius 3 is 2.68 bits per heavy atom. The van der Waals surface area contributed by atoms with E-state index in [0.29, 0.717) is 18.5 Å². The Kier molecular flexibility index (Phi) is 4.86. The van der Waals surface area contributed by atoms with Crippen molar-refractivity contribution in [3.8, 4) is 11.3 Å². The fourth-order valence-corrected chi connectivity index (χ4v) is 4.02. The number of hydrogen-bond acceptors (Lipinski definition) is 3. The molecular formula is C22H23N3O3. The molecule has 2 heterocycles. The lowest BCUT2D eigenvalue weighted by Crippen LogP contribution is -2.36. The number of nitrogens with one attached hydrogen (secondary N) is 1. The summed E-state index contributed by atoms with van der Waals surface area (Å²) < 4.78 is 1.98. The van der Waals surface area contributed by atoms with Crippen LogP contribution in [0.2, 0.25) is 0 Å². The number of amides is 1. The van der Waals surface area contributed by atoms with Gasteiger partial charge in [-0.15, -0.1) is 0 Å². The molecule has 1 fully saturated rings. The molecule has 0 unspecified atom stereocenters. The van der Waals surface area contributed by atoms with Gasteiger partial charge in [0.1, 0.15) is 5.65 Å². The van der Waals surface area contributed by atoms with Gasteiger partial charge < -0.3 is 14.8 Å². The number of hydrogen-bond donors (Lipinski definition) is 2. The van der Waals surface area contributed by atoms with Gasteiger partial charge in [-0.2, -0.15) is 0 Å².